The predicted molar refractivity (Wildman–Crippen MR) is 73.4 cm³/mol. The number of carbonyl (C=O) groups is 1. The molecule has 1 amide bonds. The van der Waals surface area contributed by atoms with E-state index in [1.807, 2.05) is 20.8 Å². The second-order valence-electron chi connectivity index (χ2n) is 5.72. The van der Waals surface area contributed by atoms with Crippen LogP contribution in [0.3, 0.4) is 0 Å². The number of nitrogens with zero attached hydrogens (tertiary/aromatic N) is 2. The molecular weight excluding hydrogens is 284 g/mol. The van der Waals surface area contributed by atoms with Gasteiger partial charge in [0.15, 0.2) is 0 Å². The van der Waals surface area contributed by atoms with E-state index in [2.05, 4.69) is 10.5 Å². The number of anilines is 1. The van der Waals surface area contributed by atoms with E-state index in [0.717, 1.165) is 0 Å². The molecule has 0 aliphatic carbocycles. The van der Waals surface area contributed by atoms with Gasteiger partial charge in [-0.1, -0.05) is 25.9 Å². The SMILES string of the molecule is CC(C)(C)c1cc(NC(=O)CN(CCO)CC(F)F)on1. The number of rotatable bonds is 7. The Morgan fingerprint density at radius 2 is 2.19 bits per heavy atom. The summed E-state index contributed by atoms with van der Waals surface area (Å²) in [7, 11) is 0. The van der Waals surface area contributed by atoms with E-state index in [1.165, 1.54) is 4.90 Å². The van der Waals surface area contributed by atoms with Crippen molar-refractivity contribution in [1.82, 2.24) is 10.1 Å². The molecule has 0 fully saturated rings. The highest BCUT2D eigenvalue weighted by atomic mass is 19.3. The molecule has 0 aliphatic rings. The van der Waals surface area contributed by atoms with Crippen LogP contribution in [-0.4, -0.2) is 53.7 Å². The first-order valence-electron chi connectivity index (χ1n) is 6.60. The lowest BCUT2D eigenvalue weighted by atomic mass is 9.92. The summed E-state index contributed by atoms with van der Waals surface area (Å²) in [6.45, 7) is 4.72. The minimum absolute atomic E-state index is 0.00139. The maximum Gasteiger partial charge on any atom is 0.251 e. The second-order valence-corrected chi connectivity index (χ2v) is 5.72. The molecule has 0 spiro atoms. The first-order chi connectivity index (χ1) is 9.72. The zero-order valence-corrected chi connectivity index (χ0v) is 12.4. The van der Waals surface area contributed by atoms with Crippen LogP contribution < -0.4 is 5.32 Å². The maximum atomic E-state index is 12.3. The van der Waals surface area contributed by atoms with Crippen molar-refractivity contribution in [3.8, 4) is 0 Å². The Balaban J connectivity index is 2.57. The first-order valence-corrected chi connectivity index (χ1v) is 6.60. The molecular formula is C13H21F2N3O3. The molecule has 1 rings (SSSR count). The highest BCUT2D eigenvalue weighted by molar-refractivity contribution is 5.91. The van der Waals surface area contributed by atoms with Gasteiger partial charge in [-0.15, -0.1) is 0 Å². The fourth-order valence-corrected chi connectivity index (χ4v) is 1.64. The number of hydrogen-bond donors (Lipinski definition) is 2. The summed E-state index contributed by atoms with van der Waals surface area (Å²) in [6, 6.07) is 1.60. The van der Waals surface area contributed by atoms with E-state index < -0.39 is 18.9 Å². The van der Waals surface area contributed by atoms with E-state index in [0.29, 0.717) is 5.69 Å². The summed E-state index contributed by atoms with van der Waals surface area (Å²) >= 11 is 0. The van der Waals surface area contributed by atoms with Crippen LogP contribution in [0, 0.1) is 0 Å². The smallest absolute Gasteiger partial charge is 0.251 e. The van der Waals surface area contributed by atoms with Gasteiger partial charge in [0.25, 0.3) is 6.43 Å². The van der Waals surface area contributed by atoms with E-state index >= 15 is 0 Å². The maximum absolute atomic E-state index is 12.3. The van der Waals surface area contributed by atoms with Gasteiger partial charge in [0.1, 0.15) is 0 Å². The van der Waals surface area contributed by atoms with Crippen LogP contribution in [0.2, 0.25) is 0 Å². The van der Waals surface area contributed by atoms with Gasteiger partial charge >= 0.3 is 0 Å². The lowest BCUT2D eigenvalue weighted by Crippen LogP contribution is -2.38. The van der Waals surface area contributed by atoms with E-state index in [-0.39, 0.29) is 31.0 Å². The zero-order valence-electron chi connectivity index (χ0n) is 12.4. The Kier molecular flexibility index (Phi) is 6.22. The van der Waals surface area contributed by atoms with Gasteiger partial charge in [0, 0.05) is 18.0 Å². The summed E-state index contributed by atoms with van der Waals surface area (Å²) in [5.74, 6) is -0.327. The molecule has 0 atom stereocenters. The van der Waals surface area contributed by atoms with Crippen molar-refractivity contribution < 1.29 is 23.2 Å². The average Bonchev–Trinajstić information content (AvgIpc) is 2.76. The van der Waals surface area contributed by atoms with Crippen molar-refractivity contribution in [3.05, 3.63) is 11.8 Å². The molecule has 1 aromatic rings. The normalized spacial score (nSPS) is 12.2. The number of carbonyl (C=O) groups excluding carboxylic acids is 1. The monoisotopic (exact) mass is 305 g/mol. The molecule has 21 heavy (non-hydrogen) atoms. The van der Waals surface area contributed by atoms with Crippen LogP contribution in [0.25, 0.3) is 0 Å². The molecule has 1 heterocycles. The van der Waals surface area contributed by atoms with Crippen LogP contribution in [0.5, 0.6) is 0 Å². The molecule has 0 saturated heterocycles. The predicted octanol–water partition coefficient (Wildman–Crippen LogP) is 1.47. The van der Waals surface area contributed by atoms with Crippen molar-refractivity contribution in [2.45, 2.75) is 32.6 Å². The number of hydrogen-bond acceptors (Lipinski definition) is 5. The number of nitrogens with one attached hydrogen (secondary N) is 1. The molecule has 0 saturated carbocycles. The number of aliphatic hydroxyl groups excluding tert-OH is 1. The molecule has 8 heteroatoms. The Hall–Kier alpha value is -1.54. The third-order valence-corrected chi connectivity index (χ3v) is 2.72. The number of alkyl halides is 2. The molecule has 0 unspecified atom stereocenters. The summed E-state index contributed by atoms with van der Waals surface area (Å²) in [6.07, 6.45) is -2.57. The molecule has 2 N–H and O–H groups in total. The number of amides is 1. The quantitative estimate of drug-likeness (QED) is 0.797. The van der Waals surface area contributed by atoms with Crippen molar-refractivity contribution in [3.63, 3.8) is 0 Å². The third kappa shape index (κ3) is 6.17. The Bertz CT molecular complexity index is 458. The van der Waals surface area contributed by atoms with Crippen LogP contribution in [-0.2, 0) is 10.2 Å². The lowest BCUT2D eigenvalue weighted by Gasteiger charge is -2.19. The molecule has 0 aromatic carbocycles. The van der Waals surface area contributed by atoms with Crippen LogP contribution in [0.15, 0.2) is 10.6 Å². The van der Waals surface area contributed by atoms with Crippen molar-refractivity contribution in [1.29, 1.82) is 0 Å². The molecule has 0 radical (unpaired) electrons. The number of halogens is 2. The summed E-state index contributed by atoms with van der Waals surface area (Å²) < 4.78 is 29.7. The summed E-state index contributed by atoms with van der Waals surface area (Å²) in [5, 5.41) is 15.1. The molecule has 1 aromatic heterocycles. The molecule has 6 nitrogen and oxygen atoms in total. The van der Waals surface area contributed by atoms with Crippen molar-refractivity contribution in [2.24, 2.45) is 0 Å². The van der Waals surface area contributed by atoms with E-state index in [4.69, 9.17) is 9.63 Å². The second kappa shape index (κ2) is 7.46. The highest BCUT2D eigenvalue weighted by Gasteiger charge is 2.20. The fraction of sp³-hybridized carbons (Fsp3) is 0.692. The van der Waals surface area contributed by atoms with Crippen molar-refractivity contribution in [2.75, 3.05) is 31.6 Å². The average molecular weight is 305 g/mol. The molecule has 0 aliphatic heterocycles. The fourth-order valence-electron chi connectivity index (χ4n) is 1.64. The van der Waals surface area contributed by atoms with Gasteiger partial charge in [0.05, 0.1) is 25.4 Å². The van der Waals surface area contributed by atoms with Crippen LogP contribution >= 0.6 is 0 Å². The molecule has 0 bridgehead atoms. The highest BCUT2D eigenvalue weighted by Crippen LogP contribution is 2.23. The summed E-state index contributed by atoms with van der Waals surface area (Å²) in [5.41, 5.74) is 0.461. The topological polar surface area (TPSA) is 78.6 Å². The van der Waals surface area contributed by atoms with Gasteiger partial charge in [0.2, 0.25) is 11.8 Å². The lowest BCUT2D eigenvalue weighted by molar-refractivity contribution is -0.117. The first kappa shape index (κ1) is 17.5. The van der Waals surface area contributed by atoms with Gasteiger partial charge in [-0.05, 0) is 0 Å². The number of aromatic nitrogens is 1. The Morgan fingerprint density at radius 3 is 2.67 bits per heavy atom. The summed E-state index contributed by atoms with van der Waals surface area (Å²) in [4.78, 5) is 12.9. The Labute approximate surface area is 122 Å². The van der Waals surface area contributed by atoms with E-state index in [9.17, 15) is 13.6 Å². The Morgan fingerprint density at radius 1 is 1.52 bits per heavy atom. The minimum Gasteiger partial charge on any atom is -0.395 e. The largest absolute Gasteiger partial charge is 0.395 e. The van der Waals surface area contributed by atoms with Gasteiger partial charge < -0.3 is 9.63 Å². The van der Waals surface area contributed by atoms with Crippen LogP contribution in [0.1, 0.15) is 26.5 Å². The minimum atomic E-state index is -2.57. The van der Waals surface area contributed by atoms with Crippen LogP contribution in [0.4, 0.5) is 14.7 Å². The van der Waals surface area contributed by atoms with Gasteiger partial charge in [-0.25, -0.2) is 8.78 Å². The van der Waals surface area contributed by atoms with Gasteiger partial charge in [-0.2, -0.15) is 0 Å². The van der Waals surface area contributed by atoms with Gasteiger partial charge in [-0.3, -0.25) is 15.0 Å². The molecule has 120 valence electrons. The van der Waals surface area contributed by atoms with E-state index in [1.54, 1.807) is 6.07 Å². The number of aliphatic hydroxyl groups is 1. The zero-order chi connectivity index (χ0) is 16.0. The third-order valence-electron chi connectivity index (χ3n) is 2.72. The standard InChI is InChI=1S/C13H21F2N3O3/c1-13(2,3)9-6-12(21-17-9)16-11(20)8-18(4-5-19)7-10(14)15/h6,10,19H,4-5,7-8H2,1-3H3,(H,16,20). The van der Waals surface area contributed by atoms with Crippen molar-refractivity contribution >= 4 is 11.8 Å².